The summed E-state index contributed by atoms with van der Waals surface area (Å²) in [6.45, 7) is 1.35. The van der Waals surface area contributed by atoms with Gasteiger partial charge in [-0.05, 0) is 55.2 Å². The van der Waals surface area contributed by atoms with Crippen molar-refractivity contribution in [3.05, 3.63) is 59.7 Å². The Kier molecular flexibility index (Phi) is 6.95. The van der Waals surface area contributed by atoms with Crippen molar-refractivity contribution in [2.24, 2.45) is 11.8 Å². The standard InChI is InChI=1S/C28H35N3O4/c1-34-17-25-21-15-16-31(26(21)20-7-3-5-9-23(20)29-25)28(33)22-8-4-6-10-24(22)30-27(32)18-11-13-19(35-2)14-12-18/h3,5,7,9,11-14,21-22,24-26,29H,4,6,8,10,15-17H2,1-2H3,(H,30,32)/t21-,22+,24-,25+,26+/m1/s1. The second-order valence-electron chi connectivity index (χ2n) is 9.92. The van der Waals surface area contributed by atoms with Gasteiger partial charge in [0.15, 0.2) is 0 Å². The fraction of sp³-hybridized carbons (Fsp3) is 0.500. The van der Waals surface area contributed by atoms with E-state index in [0.29, 0.717) is 23.8 Å². The monoisotopic (exact) mass is 477 g/mol. The minimum absolute atomic E-state index is 0.0416. The molecule has 1 saturated heterocycles. The third kappa shape index (κ3) is 4.61. The second-order valence-corrected chi connectivity index (χ2v) is 9.92. The van der Waals surface area contributed by atoms with Gasteiger partial charge in [0.2, 0.25) is 5.91 Å². The van der Waals surface area contributed by atoms with E-state index in [0.717, 1.165) is 44.3 Å². The van der Waals surface area contributed by atoms with E-state index in [9.17, 15) is 9.59 Å². The van der Waals surface area contributed by atoms with Crippen molar-refractivity contribution in [2.45, 2.75) is 50.2 Å². The first-order valence-electron chi connectivity index (χ1n) is 12.7. The van der Waals surface area contributed by atoms with Crippen LogP contribution in [0.5, 0.6) is 5.75 Å². The van der Waals surface area contributed by atoms with Crippen LogP contribution >= 0.6 is 0 Å². The Labute approximate surface area is 207 Å². The molecule has 186 valence electrons. The Morgan fingerprint density at radius 2 is 1.80 bits per heavy atom. The largest absolute Gasteiger partial charge is 0.497 e. The van der Waals surface area contributed by atoms with Gasteiger partial charge in [-0.3, -0.25) is 9.59 Å². The Bertz CT molecular complexity index is 1060. The zero-order valence-corrected chi connectivity index (χ0v) is 20.5. The number of fused-ring (bicyclic) bond motifs is 3. The van der Waals surface area contributed by atoms with Gasteiger partial charge in [-0.2, -0.15) is 0 Å². The maximum Gasteiger partial charge on any atom is 0.251 e. The van der Waals surface area contributed by atoms with Crippen LogP contribution < -0.4 is 15.4 Å². The highest BCUT2D eigenvalue weighted by molar-refractivity contribution is 5.95. The fourth-order valence-corrected chi connectivity index (χ4v) is 6.23. The van der Waals surface area contributed by atoms with Crippen molar-refractivity contribution in [1.82, 2.24) is 10.2 Å². The minimum atomic E-state index is -0.201. The molecule has 1 aliphatic carbocycles. The Hall–Kier alpha value is -3.06. The Morgan fingerprint density at radius 3 is 2.57 bits per heavy atom. The van der Waals surface area contributed by atoms with Crippen LogP contribution in [-0.2, 0) is 9.53 Å². The predicted octanol–water partition coefficient (Wildman–Crippen LogP) is 4.01. The molecule has 2 heterocycles. The maximum atomic E-state index is 14.0. The molecule has 0 bridgehead atoms. The summed E-state index contributed by atoms with van der Waals surface area (Å²) < 4.78 is 10.7. The van der Waals surface area contributed by atoms with Crippen molar-refractivity contribution in [3.63, 3.8) is 0 Å². The topological polar surface area (TPSA) is 79.9 Å². The van der Waals surface area contributed by atoms with Gasteiger partial charge in [0.05, 0.1) is 31.7 Å². The Morgan fingerprint density at radius 1 is 1.03 bits per heavy atom. The number of anilines is 1. The zero-order valence-electron chi connectivity index (χ0n) is 20.5. The van der Waals surface area contributed by atoms with Crippen molar-refractivity contribution in [2.75, 3.05) is 32.7 Å². The summed E-state index contributed by atoms with van der Waals surface area (Å²) in [5.41, 5.74) is 2.85. The first-order chi connectivity index (χ1) is 17.1. The highest BCUT2D eigenvalue weighted by Crippen LogP contribution is 2.47. The van der Waals surface area contributed by atoms with Gasteiger partial charge < -0.3 is 25.0 Å². The van der Waals surface area contributed by atoms with Crippen molar-refractivity contribution < 1.29 is 19.1 Å². The lowest BCUT2D eigenvalue weighted by Gasteiger charge is -2.41. The molecule has 2 aromatic carbocycles. The molecule has 2 aliphatic heterocycles. The van der Waals surface area contributed by atoms with Gasteiger partial charge in [-0.25, -0.2) is 0 Å². The number of benzene rings is 2. The van der Waals surface area contributed by atoms with Crippen LogP contribution in [0.2, 0.25) is 0 Å². The molecule has 0 spiro atoms. The number of para-hydroxylation sites is 1. The van der Waals surface area contributed by atoms with Crippen molar-refractivity contribution in [1.29, 1.82) is 0 Å². The number of hydrogen-bond donors (Lipinski definition) is 2. The molecule has 0 radical (unpaired) electrons. The van der Waals surface area contributed by atoms with Crippen LogP contribution in [0.3, 0.4) is 0 Å². The van der Waals surface area contributed by atoms with Crippen LogP contribution in [0.4, 0.5) is 5.69 Å². The molecule has 2 N–H and O–H groups in total. The summed E-state index contributed by atoms with van der Waals surface area (Å²) in [6.07, 6.45) is 4.61. The summed E-state index contributed by atoms with van der Waals surface area (Å²) in [4.78, 5) is 29.2. The second kappa shape index (κ2) is 10.3. The van der Waals surface area contributed by atoms with Gasteiger partial charge in [0.25, 0.3) is 5.91 Å². The zero-order chi connectivity index (χ0) is 24.4. The SMILES string of the molecule is COC[C@@H]1Nc2ccccc2[C@H]2[C@@H]1CCN2C(=O)[C@H]1CCCC[C@H]1NC(=O)c1ccc(OC)cc1. The molecular weight excluding hydrogens is 442 g/mol. The van der Waals surface area contributed by atoms with Gasteiger partial charge in [0, 0.05) is 36.9 Å². The van der Waals surface area contributed by atoms with Gasteiger partial charge in [-0.15, -0.1) is 0 Å². The fourth-order valence-electron chi connectivity index (χ4n) is 6.23. The molecule has 2 amide bonds. The third-order valence-corrected chi connectivity index (χ3v) is 7.96. The van der Waals surface area contributed by atoms with Crippen LogP contribution in [0.25, 0.3) is 0 Å². The van der Waals surface area contributed by atoms with E-state index in [4.69, 9.17) is 9.47 Å². The van der Waals surface area contributed by atoms with E-state index in [-0.39, 0.29) is 35.9 Å². The average Bonchev–Trinajstić information content (AvgIpc) is 3.35. The molecule has 2 fully saturated rings. The molecule has 7 nitrogen and oxygen atoms in total. The normalized spacial score (nSPS) is 27.4. The maximum absolute atomic E-state index is 14.0. The summed E-state index contributed by atoms with van der Waals surface area (Å²) >= 11 is 0. The first kappa shape index (κ1) is 23.7. The number of methoxy groups -OCH3 is 2. The number of carbonyl (C=O) groups excluding carboxylic acids is 2. The average molecular weight is 478 g/mol. The van der Waals surface area contributed by atoms with Crippen LogP contribution in [0.15, 0.2) is 48.5 Å². The lowest BCUT2D eigenvalue weighted by atomic mass is 9.81. The van der Waals surface area contributed by atoms with Crippen molar-refractivity contribution >= 4 is 17.5 Å². The van der Waals surface area contributed by atoms with Gasteiger partial charge >= 0.3 is 0 Å². The number of hydrogen-bond acceptors (Lipinski definition) is 5. The summed E-state index contributed by atoms with van der Waals surface area (Å²) in [7, 11) is 3.33. The molecule has 2 aromatic rings. The summed E-state index contributed by atoms with van der Waals surface area (Å²) in [6, 6.07) is 15.5. The first-order valence-corrected chi connectivity index (χ1v) is 12.7. The molecular formula is C28H35N3O4. The molecule has 7 heteroatoms. The van der Waals surface area contributed by atoms with Gasteiger partial charge in [0.1, 0.15) is 5.75 Å². The number of ether oxygens (including phenoxy) is 2. The molecule has 5 atom stereocenters. The number of nitrogens with one attached hydrogen (secondary N) is 2. The number of likely N-dealkylation sites (tertiary alicyclic amines) is 1. The number of nitrogens with zero attached hydrogens (tertiary/aromatic N) is 1. The number of rotatable bonds is 6. The van der Waals surface area contributed by atoms with E-state index in [1.807, 2.05) is 12.1 Å². The van der Waals surface area contributed by atoms with Crippen LogP contribution in [0, 0.1) is 11.8 Å². The lowest BCUT2D eigenvalue weighted by molar-refractivity contribution is -0.139. The van der Waals surface area contributed by atoms with E-state index in [1.54, 1.807) is 38.5 Å². The van der Waals surface area contributed by atoms with E-state index in [1.165, 1.54) is 5.56 Å². The smallest absolute Gasteiger partial charge is 0.251 e. The molecule has 35 heavy (non-hydrogen) atoms. The van der Waals surface area contributed by atoms with Gasteiger partial charge in [-0.1, -0.05) is 31.0 Å². The number of carbonyl (C=O) groups is 2. The highest BCUT2D eigenvalue weighted by Gasteiger charge is 2.48. The molecule has 0 unspecified atom stereocenters. The summed E-state index contributed by atoms with van der Waals surface area (Å²) in [5.74, 6) is 0.858. The summed E-state index contributed by atoms with van der Waals surface area (Å²) in [5, 5.41) is 6.83. The third-order valence-electron chi connectivity index (χ3n) is 7.96. The lowest BCUT2D eigenvalue weighted by Crippen LogP contribution is -2.50. The van der Waals surface area contributed by atoms with Crippen molar-refractivity contribution in [3.8, 4) is 5.75 Å². The van der Waals surface area contributed by atoms with Crippen LogP contribution in [-0.4, -0.2) is 56.2 Å². The van der Waals surface area contributed by atoms with E-state index >= 15 is 0 Å². The van der Waals surface area contributed by atoms with Crippen LogP contribution in [0.1, 0.15) is 54.1 Å². The van der Waals surface area contributed by atoms with E-state index < -0.39 is 0 Å². The minimum Gasteiger partial charge on any atom is -0.497 e. The predicted molar refractivity (Wildman–Crippen MR) is 134 cm³/mol. The molecule has 5 rings (SSSR count). The Balaban J connectivity index is 1.36. The quantitative estimate of drug-likeness (QED) is 0.657. The highest BCUT2D eigenvalue weighted by atomic mass is 16.5. The molecule has 0 aromatic heterocycles. The molecule has 1 saturated carbocycles. The number of amides is 2. The molecule has 3 aliphatic rings. The van der Waals surface area contributed by atoms with E-state index in [2.05, 4.69) is 27.7 Å².